The van der Waals surface area contributed by atoms with Gasteiger partial charge in [0.1, 0.15) is 12.4 Å². The van der Waals surface area contributed by atoms with Gasteiger partial charge < -0.3 is 4.74 Å². The van der Waals surface area contributed by atoms with Crippen LogP contribution < -0.4 is 4.74 Å². The fourth-order valence-corrected chi connectivity index (χ4v) is 1.71. The summed E-state index contributed by atoms with van der Waals surface area (Å²) >= 11 is 5.88. The summed E-state index contributed by atoms with van der Waals surface area (Å²) in [6.45, 7) is 6.99. The molecule has 0 bridgehead atoms. The minimum absolute atomic E-state index is 0.598. The Morgan fingerprint density at radius 1 is 1.22 bits per heavy atom. The van der Waals surface area contributed by atoms with E-state index in [-0.39, 0.29) is 0 Å². The number of ether oxygens (including phenoxy) is 1. The Hall–Kier alpha value is -1.21. The molecule has 18 heavy (non-hydrogen) atoms. The van der Waals surface area contributed by atoms with Crippen LogP contribution in [0, 0.1) is 0 Å². The van der Waals surface area contributed by atoms with Gasteiger partial charge >= 0.3 is 0 Å². The average molecular weight is 265 g/mol. The first-order chi connectivity index (χ1) is 8.58. The van der Waals surface area contributed by atoms with Gasteiger partial charge in [-0.1, -0.05) is 34.9 Å². The largest absolute Gasteiger partial charge is 0.489 e. The second kappa shape index (κ2) is 7.99. The van der Waals surface area contributed by atoms with E-state index in [0.29, 0.717) is 11.6 Å². The van der Waals surface area contributed by atoms with Crippen molar-refractivity contribution >= 4 is 11.6 Å². The van der Waals surface area contributed by atoms with Crippen molar-refractivity contribution in [2.45, 2.75) is 33.6 Å². The maximum atomic E-state index is 5.88. The van der Waals surface area contributed by atoms with Crippen LogP contribution >= 0.6 is 11.6 Å². The van der Waals surface area contributed by atoms with Crippen LogP contribution in [0.1, 0.15) is 33.6 Å². The minimum Gasteiger partial charge on any atom is -0.489 e. The Bertz CT molecular complexity index is 428. The third-order valence-corrected chi connectivity index (χ3v) is 2.80. The SMILES string of the molecule is CC(C)=CCC/C(C)=C/COc1cccc(Cl)c1. The summed E-state index contributed by atoms with van der Waals surface area (Å²) in [6, 6.07) is 7.48. The molecule has 1 aromatic rings. The van der Waals surface area contributed by atoms with E-state index in [1.54, 1.807) is 0 Å². The molecule has 0 radical (unpaired) electrons. The van der Waals surface area contributed by atoms with Gasteiger partial charge in [-0.25, -0.2) is 0 Å². The Morgan fingerprint density at radius 3 is 2.67 bits per heavy atom. The van der Waals surface area contributed by atoms with E-state index in [4.69, 9.17) is 16.3 Å². The lowest BCUT2D eigenvalue weighted by molar-refractivity contribution is 0.361. The van der Waals surface area contributed by atoms with Crippen LogP contribution in [0.3, 0.4) is 0 Å². The maximum absolute atomic E-state index is 5.88. The van der Waals surface area contributed by atoms with Crippen molar-refractivity contribution < 1.29 is 4.74 Å². The third kappa shape index (κ3) is 6.51. The number of rotatable bonds is 6. The lowest BCUT2D eigenvalue weighted by atomic mass is 10.1. The van der Waals surface area contributed by atoms with Gasteiger partial charge in [0.25, 0.3) is 0 Å². The zero-order chi connectivity index (χ0) is 13.4. The number of halogens is 1. The lowest BCUT2D eigenvalue weighted by Crippen LogP contribution is -1.94. The number of allylic oxidation sites excluding steroid dienone is 3. The Balaban J connectivity index is 2.33. The predicted octanol–water partition coefficient (Wildman–Crippen LogP) is 5.41. The normalized spacial score (nSPS) is 11.2. The van der Waals surface area contributed by atoms with Crippen molar-refractivity contribution in [1.82, 2.24) is 0 Å². The molecule has 0 atom stereocenters. The summed E-state index contributed by atoms with van der Waals surface area (Å²) in [6.07, 6.45) is 6.57. The zero-order valence-electron chi connectivity index (χ0n) is 11.4. The van der Waals surface area contributed by atoms with E-state index in [0.717, 1.165) is 18.6 Å². The molecule has 0 saturated heterocycles. The van der Waals surface area contributed by atoms with Crippen LogP contribution in [0.2, 0.25) is 5.02 Å². The highest BCUT2D eigenvalue weighted by Crippen LogP contribution is 2.17. The molecule has 0 aliphatic heterocycles. The molecule has 0 fully saturated rings. The molecule has 0 aliphatic rings. The van der Waals surface area contributed by atoms with Gasteiger partial charge in [-0.3, -0.25) is 0 Å². The van der Waals surface area contributed by atoms with Crippen LogP contribution in [-0.2, 0) is 0 Å². The molecule has 0 aliphatic carbocycles. The van der Waals surface area contributed by atoms with Gasteiger partial charge in [0.05, 0.1) is 0 Å². The number of hydrogen-bond acceptors (Lipinski definition) is 1. The topological polar surface area (TPSA) is 9.23 Å². The first-order valence-corrected chi connectivity index (χ1v) is 6.63. The van der Waals surface area contributed by atoms with Gasteiger partial charge in [0, 0.05) is 5.02 Å². The summed E-state index contributed by atoms with van der Waals surface area (Å²) in [7, 11) is 0. The molecule has 0 heterocycles. The molecule has 0 aromatic heterocycles. The highest BCUT2D eigenvalue weighted by Gasteiger charge is 1.94. The summed E-state index contributed by atoms with van der Waals surface area (Å²) in [5.41, 5.74) is 2.73. The Labute approximate surface area is 115 Å². The predicted molar refractivity (Wildman–Crippen MR) is 79.4 cm³/mol. The van der Waals surface area contributed by atoms with E-state index in [9.17, 15) is 0 Å². The van der Waals surface area contributed by atoms with Crippen LogP contribution in [0.25, 0.3) is 0 Å². The van der Waals surface area contributed by atoms with Crippen molar-refractivity contribution in [1.29, 1.82) is 0 Å². The van der Waals surface area contributed by atoms with Gasteiger partial charge in [-0.2, -0.15) is 0 Å². The maximum Gasteiger partial charge on any atom is 0.121 e. The van der Waals surface area contributed by atoms with E-state index in [1.165, 1.54) is 11.1 Å². The second-order valence-corrected chi connectivity index (χ2v) is 5.08. The molecule has 0 amide bonds. The highest BCUT2D eigenvalue weighted by atomic mass is 35.5. The molecular weight excluding hydrogens is 244 g/mol. The molecule has 1 nitrogen and oxygen atoms in total. The van der Waals surface area contributed by atoms with E-state index < -0.39 is 0 Å². The first kappa shape index (κ1) is 14.8. The summed E-state index contributed by atoms with van der Waals surface area (Å²) in [5, 5.41) is 0.705. The van der Waals surface area contributed by atoms with Crippen molar-refractivity contribution in [2.75, 3.05) is 6.61 Å². The molecule has 2 heteroatoms. The molecule has 0 N–H and O–H groups in total. The number of benzene rings is 1. The monoisotopic (exact) mass is 264 g/mol. The van der Waals surface area contributed by atoms with Crippen LogP contribution in [0.5, 0.6) is 5.75 Å². The second-order valence-electron chi connectivity index (χ2n) is 4.64. The van der Waals surface area contributed by atoms with E-state index in [2.05, 4.69) is 32.9 Å². The fraction of sp³-hybridized carbons (Fsp3) is 0.375. The average Bonchev–Trinajstić information content (AvgIpc) is 2.28. The van der Waals surface area contributed by atoms with Gasteiger partial charge in [-0.05, 0) is 57.9 Å². The third-order valence-electron chi connectivity index (χ3n) is 2.57. The van der Waals surface area contributed by atoms with Gasteiger partial charge in [0.2, 0.25) is 0 Å². The Morgan fingerprint density at radius 2 is 2.00 bits per heavy atom. The molecule has 98 valence electrons. The molecule has 0 spiro atoms. The summed E-state index contributed by atoms with van der Waals surface area (Å²) < 4.78 is 5.61. The van der Waals surface area contributed by atoms with Gasteiger partial charge in [-0.15, -0.1) is 0 Å². The Kier molecular flexibility index (Phi) is 6.59. The highest BCUT2D eigenvalue weighted by molar-refractivity contribution is 6.30. The summed E-state index contributed by atoms with van der Waals surface area (Å²) in [5.74, 6) is 0.816. The quantitative estimate of drug-likeness (QED) is 0.624. The minimum atomic E-state index is 0.598. The first-order valence-electron chi connectivity index (χ1n) is 6.25. The molecule has 1 rings (SSSR count). The van der Waals surface area contributed by atoms with Crippen molar-refractivity contribution in [3.05, 3.63) is 52.6 Å². The van der Waals surface area contributed by atoms with Crippen molar-refractivity contribution in [3.63, 3.8) is 0 Å². The van der Waals surface area contributed by atoms with Gasteiger partial charge in [0.15, 0.2) is 0 Å². The fourth-order valence-electron chi connectivity index (χ4n) is 1.53. The van der Waals surface area contributed by atoms with Crippen molar-refractivity contribution in [2.24, 2.45) is 0 Å². The summed E-state index contributed by atoms with van der Waals surface area (Å²) in [4.78, 5) is 0. The molecule has 0 saturated carbocycles. The zero-order valence-corrected chi connectivity index (χ0v) is 12.1. The smallest absolute Gasteiger partial charge is 0.121 e. The molecule has 0 unspecified atom stereocenters. The van der Waals surface area contributed by atoms with Crippen LogP contribution in [0.15, 0.2) is 47.6 Å². The lowest BCUT2D eigenvalue weighted by Gasteiger charge is -2.04. The van der Waals surface area contributed by atoms with Crippen LogP contribution in [0.4, 0.5) is 0 Å². The number of hydrogen-bond donors (Lipinski definition) is 0. The molecule has 1 aromatic carbocycles. The van der Waals surface area contributed by atoms with Crippen LogP contribution in [-0.4, -0.2) is 6.61 Å². The van der Waals surface area contributed by atoms with Crippen molar-refractivity contribution in [3.8, 4) is 5.75 Å². The standard InChI is InChI=1S/C16H21ClO/c1-13(2)6-4-7-14(3)10-11-18-16-9-5-8-15(17)12-16/h5-6,8-10,12H,4,7,11H2,1-3H3/b14-10+. The van der Waals surface area contributed by atoms with E-state index in [1.807, 2.05) is 24.3 Å². The van der Waals surface area contributed by atoms with E-state index >= 15 is 0 Å². The molecular formula is C16H21ClO.